The number of carbonyl (C=O) groups excluding carboxylic acids is 1. The lowest BCUT2D eigenvalue weighted by atomic mass is 10.2. The van der Waals surface area contributed by atoms with Gasteiger partial charge in [-0.15, -0.1) is 11.3 Å². The lowest BCUT2D eigenvalue weighted by Gasteiger charge is -2.10. The maximum Gasteiger partial charge on any atom is 0.275 e. The van der Waals surface area contributed by atoms with E-state index in [0.717, 1.165) is 14.8 Å². The standard InChI is InChI=1S/C18H15IN2O3S/c1-23-15-8-4-7-13(16(15)24-2)18-21-14(10-25-18)17(22)20-12-6-3-5-11(19)9-12/h3-10H,1-2H3,(H,20,22). The highest BCUT2D eigenvalue weighted by molar-refractivity contribution is 14.1. The van der Waals surface area contributed by atoms with Gasteiger partial charge in [0.2, 0.25) is 0 Å². The zero-order valence-corrected chi connectivity index (χ0v) is 16.6. The minimum atomic E-state index is -0.244. The molecule has 0 spiro atoms. The summed E-state index contributed by atoms with van der Waals surface area (Å²) >= 11 is 3.59. The molecule has 1 amide bonds. The Balaban J connectivity index is 1.86. The number of halogens is 1. The van der Waals surface area contributed by atoms with Gasteiger partial charge in [0.25, 0.3) is 5.91 Å². The molecule has 0 aliphatic carbocycles. The molecule has 2 aromatic carbocycles. The van der Waals surface area contributed by atoms with E-state index >= 15 is 0 Å². The number of aromatic nitrogens is 1. The van der Waals surface area contributed by atoms with Gasteiger partial charge in [-0.05, 0) is 52.9 Å². The number of benzene rings is 2. The van der Waals surface area contributed by atoms with Gasteiger partial charge in [0, 0.05) is 14.6 Å². The number of nitrogens with zero attached hydrogens (tertiary/aromatic N) is 1. The lowest BCUT2D eigenvalue weighted by molar-refractivity contribution is 0.102. The molecular weight excluding hydrogens is 451 g/mol. The number of hydrogen-bond donors (Lipinski definition) is 1. The molecule has 3 rings (SSSR count). The van der Waals surface area contributed by atoms with E-state index in [1.807, 2.05) is 42.5 Å². The zero-order chi connectivity index (χ0) is 17.8. The minimum Gasteiger partial charge on any atom is -0.493 e. The van der Waals surface area contributed by atoms with Crippen molar-refractivity contribution in [3.63, 3.8) is 0 Å². The van der Waals surface area contributed by atoms with Crippen LogP contribution >= 0.6 is 33.9 Å². The Bertz CT molecular complexity index is 911. The summed E-state index contributed by atoms with van der Waals surface area (Å²) in [4.78, 5) is 16.9. The molecule has 0 aliphatic rings. The molecule has 7 heteroatoms. The fourth-order valence-corrected chi connectivity index (χ4v) is 3.68. The van der Waals surface area contributed by atoms with Gasteiger partial charge in [0.1, 0.15) is 10.7 Å². The topological polar surface area (TPSA) is 60.5 Å². The number of nitrogens with one attached hydrogen (secondary N) is 1. The van der Waals surface area contributed by atoms with E-state index < -0.39 is 0 Å². The third-order valence-corrected chi connectivity index (χ3v) is 5.00. The smallest absolute Gasteiger partial charge is 0.275 e. The minimum absolute atomic E-state index is 0.244. The van der Waals surface area contributed by atoms with Crippen molar-refractivity contribution < 1.29 is 14.3 Å². The largest absolute Gasteiger partial charge is 0.493 e. The van der Waals surface area contributed by atoms with Crippen LogP contribution in [0.1, 0.15) is 10.5 Å². The molecule has 0 radical (unpaired) electrons. The van der Waals surface area contributed by atoms with Crippen molar-refractivity contribution in [3.8, 4) is 22.1 Å². The van der Waals surface area contributed by atoms with Gasteiger partial charge in [-0.25, -0.2) is 4.98 Å². The summed E-state index contributed by atoms with van der Waals surface area (Å²) in [6.07, 6.45) is 0. The van der Waals surface area contributed by atoms with Gasteiger partial charge in [-0.2, -0.15) is 0 Å². The highest BCUT2D eigenvalue weighted by Gasteiger charge is 2.17. The molecule has 5 nitrogen and oxygen atoms in total. The normalized spacial score (nSPS) is 10.4. The first kappa shape index (κ1) is 17.7. The second kappa shape index (κ2) is 7.83. The van der Waals surface area contributed by atoms with Crippen LogP contribution in [0.25, 0.3) is 10.6 Å². The van der Waals surface area contributed by atoms with E-state index in [-0.39, 0.29) is 5.91 Å². The monoisotopic (exact) mass is 466 g/mol. The molecule has 0 aliphatic heterocycles. The fraction of sp³-hybridized carbons (Fsp3) is 0.111. The summed E-state index contributed by atoms with van der Waals surface area (Å²) in [5.74, 6) is 0.982. The molecule has 128 valence electrons. The van der Waals surface area contributed by atoms with Crippen LogP contribution in [0.3, 0.4) is 0 Å². The maximum atomic E-state index is 12.4. The Hall–Kier alpha value is -2.13. The van der Waals surface area contributed by atoms with E-state index in [4.69, 9.17) is 9.47 Å². The number of thiazole rings is 1. The highest BCUT2D eigenvalue weighted by atomic mass is 127. The van der Waals surface area contributed by atoms with Gasteiger partial charge in [-0.1, -0.05) is 12.1 Å². The molecule has 1 aromatic heterocycles. The molecular formula is C18H15IN2O3S. The van der Waals surface area contributed by atoms with Crippen LogP contribution in [0.5, 0.6) is 11.5 Å². The number of hydrogen-bond acceptors (Lipinski definition) is 5. The van der Waals surface area contributed by atoms with Gasteiger partial charge < -0.3 is 14.8 Å². The van der Waals surface area contributed by atoms with Gasteiger partial charge in [-0.3, -0.25) is 4.79 Å². The molecule has 3 aromatic rings. The quantitative estimate of drug-likeness (QED) is 0.555. The molecule has 0 atom stereocenters. The summed E-state index contributed by atoms with van der Waals surface area (Å²) in [6, 6.07) is 13.2. The Labute approximate surface area is 163 Å². The molecule has 0 unspecified atom stereocenters. The third kappa shape index (κ3) is 3.93. The van der Waals surface area contributed by atoms with Crippen molar-refractivity contribution in [1.82, 2.24) is 4.98 Å². The molecule has 0 saturated carbocycles. The number of methoxy groups -OCH3 is 2. The predicted molar refractivity (Wildman–Crippen MR) is 108 cm³/mol. The van der Waals surface area contributed by atoms with Crippen LogP contribution in [0.2, 0.25) is 0 Å². The van der Waals surface area contributed by atoms with E-state index in [1.165, 1.54) is 11.3 Å². The average molecular weight is 466 g/mol. The summed E-state index contributed by atoms with van der Waals surface area (Å²) in [6.45, 7) is 0. The van der Waals surface area contributed by atoms with Crippen LogP contribution in [0.4, 0.5) is 5.69 Å². The van der Waals surface area contributed by atoms with E-state index in [0.29, 0.717) is 22.2 Å². The first-order valence-corrected chi connectivity index (χ1v) is 9.32. The molecule has 25 heavy (non-hydrogen) atoms. The summed E-state index contributed by atoms with van der Waals surface area (Å²) in [5.41, 5.74) is 1.90. The predicted octanol–water partition coefficient (Wildman–Crippen LogP) is 4.68. The number of ether oxygens (including phenoxy) is 2. The molecule has 1 N–H and O–H groups in total. The van der Waals surface area contributed by atoms with E-state index in [1.54, 1.807) is 19.6 Å². The highest BCUT2D eigenvalue weighted by Crippen LogP contribution is 2.39. The number of para-hydroxylation sites is 1. The fourth-order valence-electron chi connectivity index (χ4n) is 2.32. The van der Waals surface area contributed by atoms with Crippen molar-refractivity contribution in [2.75, 3.05) is 19.5 Å². The van der Waals surface area contributed by atoms with Crippen LogP contribution in [0, 0.1) is 3.57 Å². The number of rotatable bonds is 5. The van der Waals surface area contributed by atoms with Crippen LogP contribution < -0.4 is 14.8 Å². The van der Waals surface area contributed by atoms with Gasteiger partial charge in [0.05, 0.1) is 19.8 Å². The van der Waals surface area contributed by atoms with E-state index in [2.05, 4.69) is 32.9 Å². The number of amides is 1. The van der Waals surface area contributed by atoms with Crippen LogP contribution in [0.15, 0.2) is 47.8 Å². The zero-order valence-electron chi connectivity index (χ0n) is 13.6. The molecule has 0 fully saturated rings. The third-order valence-electron chi connectivity index (χ3n) is 3.45. The van der Waals surface area contributed by atoms with E-state index in [9.17, 15) is 4.79 Å². The maximum absolute atomic E-state index is 12.4. The number of carbonyl (C=O) groups is 1. The van der Waals surface area contributed by atoms with Gasteiger partial charge >= 0.3 is 0 Å². The van der Waals surface area contributed by atoms with Crippen LogP contribution in [-0.4, -0.2) is 25.1 Å². The average Bonchev–Trinajstić information content (AvgIpc) is 3.11. The molecule has 0 saturated heterocycles. The molecule has 1 heterocycles. The van der Waals surface area contributed by atoms with Gasteiger partial charge in [0.15, 0.2) is 11.5 Å². The summed E-state index contributed by atoms with van der Waals surface area (Å²) in [7, 11) is 3.17. The summed E-state index contributed by atoms with van der Waals surface area (Å²) < 4.78 is 11.8. The van der Waals surface area contributed by atoms with Crippen LogP contribution in [-0.2, 0) is 0 Å². The molecule has 0 bridgehead atoms. The van der Waals surface area contributed by atoms with Crippen molar-refractivity contribution in [2.45, 2.75) is 0 Å². The van der Waals surface area contributed by atoms with Crippen molar-refractivity contribution in [3.05, 3.63) is 57.1 Å². The first-order chi connectivity index (χ1) is 12.1. The SMILES string of the molecule is COc1cccc(-c2nc(C(=O)Nc3cccc(I)c3)cs2)c1OC. The van der Waals surface area contributed by atoms with Crippen molar-refractivity contribution in [1.29, 1.82) is 0 Å². The second-order valence-electron chi connectivity index (χ2n) is 5.04. The first-order valence-electron chi connectivity index (χ1n) is 7.36. The Morgan fingerprint density at radius 2 is 1.96 bits per heavy atom. The van der Waals surface area contributed by atoms with Crippen molar-refractivity contribution >= 4 is 45.5 Å². The second-order valence-corrected chi connectivity index (χ2v) is 7.15. The number of anilines is 1. The summed E-state index contributed by atoms with van der Waals surface area (Å²) in [5, 5.41) is 5.29. The Kier molecular flexibility index (Phi) is 5.54. The Morgan fingerprint density at radius 1 is 1.16 bits per heavy atom. The van der Waals surface area contributed by atoms with Crippen molar-refractivity contribution in [2.24, 2.45) is 0 Å². The Morgan fingerprint density at radius 3 is 2.68 bits per heavy atom. The lowest BCUT2D eigenvalue weighted by Crippen LogP contribution is -2.12.